The van der Waals surface area contributed by atoms with E-state index in [4.69, 9.17) is 9.84 Å². The molecule has 2 N–H and O–H groups in total. The average Bonchev–Trinajstić information content (AvgIpc) is 2.97. The van der Waals surface area contributed by atoms with Crippen LogP contribution in [0.2, 0.25) is 0 Å². The van der Waals surface area contributed by atoms with Crippen molar-refractivity contribution in [1.82, 2.24) is 5.32 Å². The first-order chi connectivity index (χ1) is 9.54. The number of rotatable bonds is 6. The molecule has 1 amide bonds. The van der Waals surface area contributed by atoms with Gasteiger partial charge >= 0.3 is 5.97 Å². The zero-order valence-electron chi connectivity index (χ0n) is 12.2. The van der Waals surface area contributed by atoms with Gasteiger partial charge in [0.05, 0.1) is 18.6 Å². The standard InChI is InChI=1S/C15H25NO4/c1-20-12-6-4-5-11(12)16-13(17)9-15(10-14(18)19)7-2-3-8-15/h11-12H,2-10H2,1H3,(H,16,17)(H,18,19). The molecule has 0 heterocycles. The van der Waals surface area contributed by atoms with Crippen molar-refractivity contribution in [3.63, 3.8) is 0 Å². The number of ether oxygens (including phenoxy) is 1. The van der Waals surface area contributed by atoms with Crippen LogP contribution >= 0.6 is 0 Å². The third kappa shape index (κ3) is 3.72. The Labute approximate surface area is 120 Å². The maximum Gasteiger partial charge on any atom is 0.303 e. The van der Waals surface area contributed by atoms with Gasteiger partial charge in [0.2, 0.25) is 5.91 Å². The lowest BCUT2D eigenvalue weighted by atomic mass is 9.79. The Morgan fingerprint density at radius 1 is 1.20 bits per heavy atom. The fourth-order valence-corrected chi connectivity index (χ4v) is 3.83. The Hall–Kier alpha value is -1.10. The van der Waals surface area contributed by atoms with Gasteiger partial charge in [0.25, 0.3) is 0 Å². The molecule has 2 rings (SSSR count). The molecule has 0 aromatic rings. The molecule has 2 saturated carbocycles. The summed E-state index contributed by atoms with van der Waals surface area (Å²) < 4.78 is 5.38. The van der Waals surface area contributed by atoms with E-state index in [0.717, 1.165) is 44.9 Å². The van der Waals surface area contributed by atoms with Gasteiger partial charge in [0, 0.05) is 13.5 Å². The van der Waals surface area contributed by atoms with Crippen LogP contribution in [0.25, 0.3) is 0 Å². The SMILES string of the molecule is COC1CCCC1NC(=O)CC1(CC(=O)O)CCCC1. The smallest absolute Gasteiger partial charge is 0.303 e. The van der Waals surface area contributed by atoms with E-state index in [2.05, 4.69) is 5.32 Å². The highest BCUT2D eigenvalue weighted by molar-refractivity contribution is 5.78. The predicted molar refractivity (Wildman–Crippen MR) is 74.3 cm³/mol. The third-order valence-corrected chi connectivity index (χ3v) is 4.83. The number of hydrogen-bond acceptors (Lipinski definition) is 3. The molecular weight excluding hydrogens is 258 g/mol. The van der Waals surface area contributed by atoms with Crippen LogP contribution in [0.4, 0.5) is 0 Å². The van der Waals surface area contributed by atoms with Crippen LogP contribution < -0.4 is 5.32 Å². The van der Waals surface area contributed by atoms with Crippen LogP contribution in [0.3, 0.4) is 0 Å². The zero-order valence-corrected chi connectivity index (χ0v) is 12.2. The highest BCUT2D eigenvalue weighted by atomic mass is 16.5. The number of hydrogen-bond donors (Lipinski definition) is 2. The van der Waals surface area contributed by atoms with Crippen LogP contribution in [-0.2, 0) is 14.3 Å². The Morgan fingerprint density at radius 3 is 2.50 bits per heavy atom. The Bertz CT molecular complexity index is 363. The molecule has 0 aromatic heterocycles. The van der Waals surface area contributed by atoms with E-state index in [1.54, 1.807) is 7.11 Å². The van der Waals surface area contributed by atoms with E-state index in [1.165, 1.54) is 0 Å². The molecule has 0 bridgehead atoms. The molecule has 5 nitrogen and oxygen atoms in total. The molecule has 114 valence electrons. The summed E-state index contributed by atoms with van der Waals surface area (Å²) in [5.74, 6) is -0.808. The minimum absolute atomic E-state index is 0.0119. The van der Waals surface area contributed by atoms with Crippen molar-refractivity contribution in [2.75, 3.05) is 7.11 Å². The highest BCUT2D eigenvalue weighted by Crippen LogP contribution is 2.44. The summed E-state index contributed by atoms with van der Waals surface area (Å²) in [6.07, 6.45) is 7.34. The first-order valence-corrected chi connectivity index (χ1v) is 7.59. The number of carboxylic acids is 1. The maximum absolute atomic E-state index is 12.2. The number of nitrogens with one attached hydrogen (secondary N) is 1. The van der Waals surface area contributed by atoms with Crippen molar-refractivity contribution in [3.05, 3.63) is 0 Å². The molecule has 2 atom stereocenters. The van der Waals surface area contributed by atoms with Crippen molar-refractivity contribution >= 4 is 11.9 Å². The van der Waals surface area contributed by atoms with Crippen LogP contribution in [0, 0.1) is 5.41 Å². The first-order valence-electron chi connectivity index (χ1n) is 7.59. The van der Waals surface area contributed by atoms with Crippen molar-refractivity contribution < 1.29 is 19.4 Å². The minimum atomic E-state index is -0.796. The molecule has 2 aliphatic carbocycles. The lowest BCUT2D eigenvalue weighted by molar-refractivity contribution is -0.140. The van der Waals surface area contributed by atoms with Crippen LogP contribution in [-0.4, -0.2) is 36.2 Å². The van der Waals surface area contributed by atoms with Gasteiger partial charge in [-0.3, -0.25) is 9.59 Å². The van der Waals surface area contributed by atoms with Gasteiger partial charge < -0.3 is 15.2 Å². The Kier molecular flexibility index (Phi) is 5.02. The van der Waals surface area contributed by atoms with Gasteiger partial charge in [-0.15, -0.1) is 0 Å². The molecule has 0 aromatic carbocycles. The van der Waals surface area contributed by atoms with Gasteiger partial charge in [-0.2, -0.15) is 0 Å². The normalized spacial score (nSPS) is 28.4. The molecular formula is C15H25NO4. The Morgan fingerprint density at radius 2 is 1.90 bits per heavy atom. The molecule has 5 heteroatoms. The summed E-state index contributed by atoms with van der Waals surface area (Å²) in [5, 5.41) is 12.1. The first kappa shape index (κ1) is 15.3. The molecule has 0 spiro atoms. The number of carbonyl (C=O) groups excluding carboxylic acids is 1. The zero-order chi connectivity index (χ0) is 14.6. The highest BCUT2D eigenvalue weighted by Gasteiger charge is 2.39. The predicted octanol–water partition coefficient (Wildman–Crippen LogP) is 2.10. The molecule has 0 aliphatic heterocycles. The largest absolute Gasteiger partial charge is 0.481 e. The summed E-state index contributed by atoms with van der Waals surface area (Å²) in [4.78, 5) is 23.3. The Balaban J connectivity index is 1.90. The molecule has 20 heavy (non-hydrogen) atoms. The second-order valence-electron chi connectivity index (χ2n) is 6.33. The second kappa shape index (κ2) is 6.57. The average molecular weight is 283 g/mol. The van der Waals surface area contributed by atoms with Gasteiger partial charge in [-0.1, -0.05) is 12.8 Å². The van der Waals surface area contributed by atoms with E-state index in [1.807, 2.05) is 0 Å². The fraction of sp³-hybridized carbons (Fsp3) is 0.867. The molecule has 2 fully saturated rings. The van der Waals surface area contributed by atoms with Gasteiger partial charge in [0.1, 0.15) is 0 Å². The number of carbonyl (C=O) groups is 2. The van der Waals surface area contributed by atoms with Crippen LogP contribution in [0.5, 0.6) is 0 Å². The summed E-state index contributed by atoms with van der Waals surface area (Å²) >= 11 is 0. The molecule has 0 radical (unpaired) electrons. The van der Waals surface area contributed by atoms with Crippen LogP contribution in [0.15, 0.2) is 0 Å². The van der Waals surface area contributed by atoms with E-state index in [9.17, 15) is 9.59 Å². The molecule has 2 unspecified atom stereocenters. The lowest BCUT2D eigenvalue weighted by Gasteiger charge is -2.28. The lowest BCUT2D eigenvalue weighted by Crippen LogP contribution is -2.42. The van der Waals surface area contributed by atoms with Gasteiger partial charge in [-0.05, 0) is 37.5 Å². The monoisotopic (exact) mass is 283 g/mol. The number of methoxy groups -OCH3 is 1. The maximum atomic E-state index is 12.2. The number of aliphatic carboxylic acids is 1. The summed E-state index contributed by atoms with van der Waals surface area (Å²) in [6, 6.07) is 0.0933. The summed E-state index contributed by atoms with van der Waals surface area (Å²) in [7, 11) is 1.68. The van der Waals surface area contributed by atoms with Crippen molar-refractivity contribution in [1.29, 1.82) is 0 Å². The fourth-order valence-electron chi connectivity index (χ4n) is 3.83. The van der Waals surface area contributed by atoms with Crippen molar-refractivity contribution in [2.45, 2.75) is 69.9 Å². The molecule has 2 aliphatic rings. The second-order valence-corrected chi connectivity index (χ2v) is 6.33. The van der Waals surface area contributed by atoms with E-state index in [0.29, 0.717) is 6.42 Å². The topological polar surface area (TPSA) is 75.6 Å². The number of amides is 1. The van der Waals surface area contributed by atoms with Crippen LogP contribution in [0.1, 0.15) is 57.8 Å². The van der Waals surface area contributed by atoms with Crippen molar-refractivity contribution in [2.24, 2.45) is 5.41 Å². The summed E-state index contributed by atoms with van der Waals surface area (Å²) in [6.45, 7) is 0. The summed E-state index contributed by atoms with van der Waals surface area (Å²) in [5.41, 5.74) is -0.322. The quantitative estimate of drug-likeness (QED) is 0.782. The minimum Gasteiger partial charge on any atom is -0.481 e. The third-order valence-electron chi connectivity index (χ3n) is 4.83. The van der Waals surface area contributed by atoms with Gasteiger partial charge in [-0.25, -0.2) is 0 Å². The molecule has 0 saturated heterocycles. The number of carboxylic acid groups (broad SMARTS) is 1. The van der Waals surface area contributed by atoms with Crippen molar-refractivity contribution in [3.8, 4) is 0 Å². The van der Waals surface area contributed by atoms with E-state index >= 15 is 0 Å². The van der Waals surface area contributed by atoms with Gasteiger partial charge in [0.15, 0.2) is 0 Å². The van der Waals surface area contributed by atoms with E-state index in [-0.39, 0.29) is 29.9 Å². The van der Waals surface area contributed by atoms with E-state index < -0.39 is 5.97 Å².